The number of hydrogen-bond acceptors (Lipinski definition) is 5. The lowest BCUT2D eigenvalue weighted by molar-refractivity contribution is 0.0169. The van der Waals surface area contributed by atoms with Gasteiger partial charge in [-0.05, 0) is 35.7 Å². The fourth-order valence-electron chi connectivity index (χ4n) is 2.71. The van der Waals surface area contributed by atoms with Crippen molar-refractivity contribution in [1.82, 2.24) is 10.2 Å². The summed E-state index contributed by atoms with van der Waals surface area (Å²) < 4.78 is 5.44. The van der Waals surface area contributed by atoms with Crippen LogP contribution in [0, 0.1) is 0 Å². The first-order valence-corrected chi connectivity index (χ1v) is 8.61. The molecule has 5 nitrogen and oxygen atoms in total. The van der Waals surface area contributed by atoms with Gasteiger partial charge < -0.3 is 15.8 Å². The molecule has 0 spiro atoms. The van der Waals surface area contributed by atoms with Crippen LogP contribution in [0.4, 0.5) is 5.69 Å². The second-order valence-electron chi connectivity index (χ2n) is 5.51. The predicted octanol–water partition coefficient (Wildman–Crippen LogP) is 2.13. The number of rotatable bonds is 5. The van der Waals surface area contributed by atoms with E-state index < -0.39 is 0 Å². The van der Waals surface area contributed by atoms with E-state index in [4.69, 9.17) is 10.5 Å². The Morgan fingerprint density at radius 1 is 1.26 bits per heavy atom. The van der Waals surface area contributed by atoms with E-state index in [2.05, 4.69) is 27.7 Å². The van der Waals surface area contributed by atoms with Gasteiger partial charge in [-0.1, -0.05) is 6.07 Å². The number of thiophene rings is 1. The molecule has 1 aliphatic rings. The molecule has 122 valence electrons. The molecule has 1 fully saturated rings. The Kier molecular flexibility index (Phi) is 5.27. The number of morpholine rings is 1. The van der Waals surface area contributed by atoms with Gasteiger partial charge in [0.25, 0.3) is 5.91 Å². The first-order chi connectivity index (χ1) is 11.2. The second kappa shape index (κ2) is 7.59. The van der Waals surface area contributed by atoms with E-state index >= 15 is 0 Å². The molecule has 1 aromatic heterocycles. The summed E-state index contributed by atoms with van der Waals surface area (Å²) in [6, 6.07) is 11.4. The third-order valence-corrected chi connectivity index (χ3v) is 4.96. The predicted molar refractivity (Wildman–Crippen MR) is 92.6 cm³/mol. The summed E-state index contributed by atoms with van der Waals surface area (Å²) >= 11 is 1.72. The van der Waals surface area contributed by atoms with Gasteiger partial charge in [-0.15, -0.1) is 11.3 Å². The number of carbonyl (C=O) groups is 1. The summed E-state index contributed by atoms with van der Waals surface area (Å²) in [7, 11) is 0. The van der Waals surface area contributed by atoms with Crippen molar-refractivity contribution in [2.24, 2.45) is 0 Å². The molecule has 3 N–H and O–H groups in total. The van der Waals surface area contributed by atoms with E-state index in [1.165, 1.54) is 4.88 Å². The molecule has 0 bridgehead atoms. The van der Waals surface area contributed by atoms with Crippen LogP contribution in [0.1, 0.15) is 21.3 Å². The standard InChI is InChI=1S/C17H21N3O2S/c18-14-5-3-13(4-6-14)17(21)19-12-15(16-2-1-11-23-16)20-7-9-22-10-8-20/h1-6,11,15H,7-10,12,18H2,(H,19,21). The second-order valence-corrected chi connectivity index (χ2v) is 6.49. The van der Waals surface area contributed by atoms with Gasteiger partial charge in [0, 0.05) is 35.8 Å². The van der Waals surface area contributed by atoms with E-state index in [1.54, 1.807) is 35.6 Å². The van der Waals surface area contributed by atoms with Crippen molar-refractivity contribution in [3.05, 3.63) is 52.2 Å². The molecule has 0 radical (unpaired) electrons. The Morgan fingerprint density at radius 3 is 2.65 bits per heavy atom. The fraction of sp³-hybridized carbons (Fsp3) is 0.353. The van der Waals surface area contributed by atoms with Crippen molar-refractivity contribution in [2.75, 3.05) is 38.6 Å². The summed E-state index contributed by atoms with van der Waals surface area (Å²) in [4.78, 5) is 16.0. The molecule has 1 atom stereocenters. The van der Waals surface area contributed by atoms with Gasteiger partial charge in [-0.25, -0.2) is 0 Å². The lowest BCUT2D eigenvalue weighted by atomic mass is 10.1. The zero-order chi connectivity index (χ0) is 16.1. The number of nitrogen functional groups attached to an aromatic ring is 1. The van der Waals surface area contributed by atoms with Crippen LogP contribution in [0.15, 0.2) is 41.8 Å². The minimum atomic E-state index is -0.0696. The monoisotopic (exact) mass is 331 g/mol. The Balaban J connectivity index is 1.66. The number of anilines is 1. The highest BCUT2D eigenvalue weighted by atomic mass is 32.1. The number of ether oxygens (including phenoxy) is 1. The SMILES string of the molecule is Nc1ccc(C(=O)NCC(c2cccs2)N2CCOCC2)cc1. The number of hydrogen-bond donors (Lipinski definition) is 2. The molecule has 1 aromatic carbocycles. The van der Waals surface area contributed by atoms with Crippen LogP contribution < -0.4 is 11.1 Å². The molecule has 1 amide bonds. The molecule has 23 heavy (non-hydrogen) atoms. The Morgan fingerprint density at radius 2 is 2.00 bits per heavy atom. The first kappa shape index (κ1) is 16.0. The maximum absolute atomic E-state index is 12.3. The molecule has 2 aromatic rings. The van der Waals surface area contributed by atoms with Crippen LogP contribution in [0.3, 0.4) is 0 Å². The first-order valence-electron chi connectivity index (χ1n) is 7.73. The number of nitrogens with two attached hydrogens (primary N) is 1. The van der Waals surface area contributed by atoms with Crippen molar-refractivity contribution >= 4 is 22.9 Å². The molecule has 1 aliphatic heterocycles. The van der Waals surface area contributed by atoms with Crippen LogP contribution in [0.2, 0.25) is 0 Å². The molecule has 1 saturated heterocycles. The van der Waals surface area contributed by atoms with Gasteiger partial charge in [0.05, 0.1) is 19.3 Å². The third kappa shape index (κ3) is 4.10. The van der Waals surface area contributed by atoms with Gasteiger partial charge in [0.1, 0.15) is 0 Å². The molecule has 0 saturated carbocycles. The van der Waals surface area contributed by atoms with E-state index in [9.17, 15) is 4.79 Å². The minimum Gasteiger partial charge on any atom is -0.399 e. The van der Waals surface area contributed by atoms with Crippen LogP contribution >= 0.6 is 11.3 Å². The molecule has 0 aliphatic carbocycles. The highest BCUT2D eigenvalue weighted by molar-refractivity contribution is 7.10. The molecule has 2 heterocycles. The molecular formula is C17H21N3O2S. The Labute approximate surface area is 140 Å². The number of nitrogens with zero attached hydrogens (tertiary/aromatic N) is 1. The average molecular weight is 331 g/mol. The van der Waals surface area contributed by atoms with E-state index in [0.29, 0.717) is 17.8 Å². The maximum atomic E-state index is 12.3. The Bertz CT molecular complexity index is 622. The summed E-state index contributed by atoms with van der Waals surface area (Å²) in [5, 5.41) is 5.12. The third-order valence-electron chi connectivity index (χ3n) is 3.99. The van der Waals surface area contributed by atoms with Crippen LogP contribution in [0.5, 0.6) is 0 Å². The lowest BCUT2D eigenvalue weighted by Crippen LogP contribution is -2.43. The summed E-state index contributed by atoms with van der Waals surface area (Å²) in [6.45, 7) is 3.85. The molecule has 3 rings (SSSR count). The Hall–Kier alpha value is -1.89. The van der Waals surface area contributed by atoms with Crippen LogP contribution in [-0.4, -0.2) is 43.7 Å². The highest BCUT2D eigenvalue weighted by Crippen LogP contribution is 2.25. The van der Waals surface area contributed by atoms with Crippen molar-refractivity contribution in [1.29, 1.82) is 0 Å². The normalized spacial score (nSPS) is 16.9. The number of carbonyl (C=O) groups excluding carboxylic acids is 1. The van der Waals surface area contributed by atoms with Crippen molar-refractivity contribution in [3.8, 4) is 0 Å². The maximum Gasteiger partial charge on any atom is 0.251 e. The van der Waals surface area contributed by atoms with Gasteiger partial charge in [-0.3, -0.25) is 9.69 Å². The van der Waals surface area contributed by atoms with Crippen molar-refractivity contribution in [3.63, 3.8) is 0 Å². The fourth-order valence-corrected chi connectivity index (χ4v) is 3.57. The van der Waals surface area contributed by atoms with Gasteiger partial charge in [-0.2, -0.15) is 0 Å². The van der Waals surface area contributed by atoms with Crippen LogP contribution in [-0.2, 0) is 4.74 Å². The summed E-state index contributed by atoms with van der Waals surface area (Å²) in [5.41, 5.74) is 6.95. The van der Waals surface area contributed by atoms with Gasteiger partial charge in [0.15, 0.2) is 0 Å². The topological polar surface area (TPSA) is 67.6 Å². The van der Waals surface area contributed by atoms with E-state index in [-0.39, 0.29) is 11.9 Å². The smallest absolute Gasteiger partial charge is 0.251 e. The molecule has 6 heteroatoms. The lowest BCUT2D eigenvalue weighted by Gasteiger charge is -2.34. The number of amides is 1. The summed E-state index contributed by atoms with van der Waals surface area (Å²) in [5.74, 6) is -0.0696. The summed E-state index contributed by atoms with van der Waals surface area (Å²) in [6.07, 6.45) is 0. The number of nitrogens with one attached hydrogen (secondary N) is 1. The highest BCUT2D eigenvalue weighted by Gasteiger charge is 2.24. The number of benzene rings is 1. The average Bonchev–Trinajstić information content (AvgIpc) is 3.11. The van der Waals surface area contributed by atoms with Crippen molar-refractivity contribution in [2.45, 2.75) is 6.04 Å². The van der Waals surface area contributed by atoms with E-state index in [0.717, 1.165) is 26.3 Å². The molecule has 1 unspecified atom stereocenters. The molecular weight excluding hydrogens is 310 g/mol. The van der Waals surface area contributed by atoms with E-state index in [1.807, 2.05) is 0 Å². The minimum absolute atomic E-state index is 0.0696. The van der Waals surface area contributed by atoms with Gasteiger partial charge in [0.2, 0.25) is 0 Å². The zero-order valence-corrected chi connectivity index (χ0v) is 13.7. The largest absolute Gasteiger partial charge is 0.399 e. The quantitative estimate of drug-likeness (QED) is 0.824. The van der Waals surface area contributed by atoms with Crippen LogP contribution in [0.25, 0.3) is 0 Å². The zero-order valence-electron chi connectivity index (χ0n) is 12.9. The van der Waals surface area contributed by atoms with Gasteiger partial charge >= 0.3 is 0 Å². The van der Waals surface area contributed by atoms with Crippen molar-refractivity contribution < 1.29 is 9.53 Å².